The van der Waals surface area contributed by atoms with Crippen LogP contribution in [0.15, 0.2) is 12.7 Å². The van der Waals surface area contributed by atoms with Crippen LogP contribution < -0.4 is 0 Å². The van der Waals surface area contributed by atoms with Gasteiger partial charge in [0.15, 0.2) is 0 Å². The zero-order valence-electron chi connectivity index (χ0n) is 17.3. The van der Waals surface area contributed by atoms with Crippen LogP contribution in [0.1, 0.15) is 71.1 Å². The van der Waals surface area contributed by atoms with Crippen LogP contribution >= 0.6 is 0 Å². The molecule has 0 aliphatic carbocycles. The molecule has 1 atom stereocenters. The first-order chi connectivity index (χ1) is 12.3. The Bertz CT molecular complexity index is 412. The highest BCUT2D eigenvalue weighted by molar-refractivity contribution is 5.86. The van der Waals surface area contributed by atoms with Gasteiger partial charge in [0.25, 0.3) is 0 Å². The van der Waals surface area contributed by atoms with Gasteiger partial charge in [0.2, 0.25) is 5.91 Å². The van der Waals surface area contributed by atoms with Crippen molar-refractivity contribution in [2.24, 2.45) is 0 Å². The number of rotatable bonds is 17. The van der Waals surface area contributed by atoms with Gasteiger partial charge in [-0.2, -0.15) is 0 Å². The molecule has 0 aromatic carbocycles. The van der Waals surface area contributed by atoms with Crippen molar-refractivity contribution in [3.8, 4) is 0 Å². The van der Waals surface area contributed by atoms with Crippen molar-refractivity contribution in [3.05, 3.63) is 12.7 Å². The first-order valence-electron chi connectivity index (χ1n) is 10.3. The Morgan fingerprint density at radius 1 is 0.962 bits per heavy atom. The van der Waals surface area contributed by atoms with E-state index in [9.17, 15) is 9.59 Å². The molecule has 0 heterocycles. The van der Waals surface area contributed by atoms with E-state index >= 15 is 0 Å². The maximum atomic E-state index is 11.7. The molecule has 0 aliphatic heterocycles. The lowest BCUT2D eigenvalue weighted by Crippen LogP contribution is -2.50. The highest BCUT2D eigenvalue weighted by atomic mass is 16.4. The fraction of sp³-hybridized carbons (Fsp3) is 0.810. The first-order valence-corrected chi connectivity index (χ1v) is 10.3. The van der Waals surface area contributed by atoms with Gasteiger partial charge in [0.05, 0.1) is 39.6 Å². The minimum Gasteiger partial charge on any atom is -0.481 e. The van der Waals surface area contributed by atoms with Gasteiger partial charge in [-0.05, 0) is 18.9 Å². The predicted octanol–water partition coefficient (Wildman–Crippen LogP) is 4.08. The number of carbonyl (C=O) groups excluding carboxylic acids is 1. The van der Waals surface area contributed by atoms with Crippen molar-refractivity contribution in [2.45, 2.75) is 71.1 Å². The minimum absolute atomic E-state index is 0.0610. The molecule has 26 heavy (non-hydrogen) atoms. The summed E-state index contributed by atoms with van der Waals surface area (Å²) in [6, 6.07) is 0. The topological polar surface area (TPSA) is 57.6 Å². The third-order valence-corrected chi connectivity index (χ3v) is 5.17. The van der Waals surface area contributed by atoms with Gasteiger partial charge >= 0.3 is 5.97 Å². The number of amides is 1. The lowest BCUT2D eigenvalue weighted by atomic mass is 10.1. The fourth-order valence-electron chi connectivity index (χ4n) is 3.23. The van der Waals surface area contributed by atoms with E-state index in [0.717, 1.165) is 30.5 Å². The number of quaternary nitrogens is 1. The smallest absolute Gasteiger partial charge is 0.303 e. The summed E-state index contributed by atoms with van der Waals surface area (Å²) in [5.74, 6) is -0.795. The maximum Gasteiger partial charge on any atom is 0.303 e. The van der Waals surface area contributed by atoms with Gasteiger partial charge in [0, 0.05) is 13.5 Å². The average molecular weight is 370 g/mol. The van der Waals surface area contributed by atoms with Crippen LogP contribution in [0.5, 0.6) is 0 Å². The summed E-state index contributed by atoms with van der Waals surface area (Å²) in [6.07, 6.45) is 12.6. The summed E-state index contributed by atoms with van der Waals surface area (Å²) >= 11 is 0. The number of likely N-dealkylation sites (N-methyl/N-ethyl adjacent to an activating group) is 2. The van der Waals surface area contributed by atoms with Gasteiger partial charge in [-0.3, -0.25) is 9.59 Å². The second-order valence-corrected chi connectivity index (χ2v) is 7.73. The molecule has 0 aliphatic rings. The number of aliphatic carboxylic acids is 1. The minimum atomic E-state index is -0.734. The van der Waals surface area contributed by atoms with Gasteiger partial charge in [-0.1, -0.05) is 52.0 Å². The molecule has 152 valence electrons. The van der Waals surface area contributed by atoms with Crippen molar-refractivity contribution < 1.29 is 19.2 Å². The van der Waals surface area contributed by atoms with Crippen LogP contribution in [0.4, 0.5) is 0 Å². The number of carboxylic acids is 1. The standard InChI is InChI=1S/C21H40N2O3/c1-5-7-8-9-10-11-12-13-17-23(4,18-14-15-21(25)26)19-16-22(3)20(24)6-2/h6H,2,5,7-19H2,1,3-4H3/p+1. The Morgan fingerprint density at radius 3 is 2.04 bits per heavy atom. The Labute approximate surface area is 160 Å². The van der Waals surface area contributed by atoms with Crippen molar-refractivity contribution in [1.29, 1.82) is 0 Å². The van der Waals surface area contributed by atoms with Crippen LogP contribution in [0.3, 0.4) is 0 Å². The summed E-state index contributed by atoms with van der Waals surface area (Å²) in [5.41, 5.74) is 0. The lowest BCUT2D eigenvalue weighted by molar-refractivity contribution is -0.909. The van der Waals surface area contributed by atoms with E-state index in [4.69, 9.17) is 5.11 Å². The van der Waals surface area contributed by atoms with Crippen LogP contribution in [0, 0.1) is 0 Å². The first kappa shape index (κ1) is 24.6. The molecule has 1 amide bonds. The van der Waals surface area contributed by atoms with E-state index in [2.05, 4.69) is 20.6 Å². The Hall–Kier alpha value is -1.36. The summed E-state index contributed by atoms with van der Waals surface area (Å²) in [7, 11) is 3.98. The van der Waals surface area contributed by atoms with Gasteiger partial charge in [-0.25, -0.2) is 0 Å². The maximum absolute atomic E-state index is 11.7. The van der Waals surface area contributed by atoms with Crippen molar-refractivity contribution in [2.75, 3.05) is 40.3 Å². The summed E-state index contributed by atoms with van der Waals surface area (Å²) in [6.45, 7) is 9.19. The molecule has 0 aromatic rings. The number of carboxylic acid groups (broad SMARTS) is 1. The van der Waals surface area contributed by atoms with E-state index < -0.39 is 5.97 Å². The van der Waals surface area contributed by atoms with E-state index in [-0.39, 0.29) is 12.3 Å². The SMILES string of the molecule is C=CC(=O)N(C)CC[N+](C)(CCCCCCCCCC)CCCC(=O)O. The summed E-state index contributed by atoms with van der Waals surface area (Å²) in [5, 5.41) is 8.90. The Balaban J connectivity index is 4.28. The van der Waals surface area contributed by atoms with Crippen molar-refractivity contribution in [3.63, 3.8) is 0 Å². The molecule has 0 fully saturated rings. The summed E-state index contributed by atoms with van der Waals surface area (Å²) < 4.78 is 0.831. The van der Waals surface area contributed by atoms with Gasteiger partial charge in [0.1, 0.15) is 0 Å². The predicted molar refractivity (Wildman–Crippen MR) is 108 cm³/mol. The molecular formula is C21H41N2O3+. The molecular weight excluding hydrogens is 328 g/mol. The van der Waals surface area contributed by atoms with Crippen molar-refractivity contribution >= 4 is 11.9 Å². The zero-order valence-corrected chi connectivity index (χ0v) is 17.3. The number of carbonyl (C=O) groups is 2. The second kappa shape index (κ2) is 14.8. The molecule has 5 nitrogen and oxygen atoms in total. The highest BCUT2D eigenvalue weighted by Gasteiger charge is 2.22. The number of nitrogens with zero attached hydrogens (tertiary/aromatic N) is 2. The van der Waals surface area contributed by atoms with E-state index in [0.29, 0.717) is 13.0 Å². The van der Waals surface area contributed by atoms with E-state index in [1.54, 1.807) is 11.9 Å². The van der Waals surface area contributed by atoms with Crippen molar-refractivity contribution in [1.82, 2.24) is 4.90 Å². The number of hydrogen-bond donors (Lipinski definition) is 1. The molecule has 0 rings (SSSR count). The summed E-state index contributed by atoms with van der Waals surface area (Å²) in [4.78, 5) is 24.2. The van der Waals surface area contributed by atoms with Gasteiger partial charge in [-0.15, -0.1) is 0 Å². The fourth-order valence-corrected chi connectivity index (χ4v) is 3.23. The number of unbranched alkanes of at least 4 members (excludes halogenated alkanes) is 7. The normalized spacial score (nSPS) is 13.2. The molecule has 0 spiro atoms. The third-order valence-electron chi connectivity index (χ3n) is 5.17. The highest BCUT2D eigenvalue weighted by Crippen LogP contribution is 2.13. The zero-order chi connectivity index (χ0) is 19.8. The third kappa shape index (κ3) is 12.9. The number of hydrogen-bond acceptors (Lipinski definition) is 2. The van der Waals surface area contributed by atoms with Crippen LogP contribution in [-0.4, -0.2) is 66.6 Å². The molecule has 5 heteroatoms. The molecule has 0 saturated carbocycles. The van der Waals surface area contributed by atoms with Crippen LogP contribution in [0.2, 0.25) is 0 Å². The average Bonchev–Trinajstić information content (AvgIpc) is 2.61. The Morgan fingerprint density at radius 2 is 1.50 bits per heavy atom. The molecule has 0 saturated heterocycles. The molecule has 0 aromatic heterocycles. The quantitative estimate of drug-likeness (QED) is 0.239. The van der Waals surface area contributed by atoms with Crippen LogP contribution in [-0.2, 0) is 9.59 Å². The largest absolute Gasteiger partial charge is 0.481 e. The second-order valence-electron chi connectivity index (χ2n) is 7.73. The van der Waals surface area contributed by atoms with Crippen LogP contribution in [0.25, 0.3) is 0 Å². The molecule has 1 N–H and O–H groups in total. The molecule has 1 unspecified atom stereocenters. The molecule has 0 radical (unpaired) electrons. The monoisotopic (exact) mass is 369 g/mol. The lowest BCUT2D eigenvalue weighted by Gasteiger charge is -2.36. The van der Waals surface area contributed by atoms with E-state index in [1.807, 2.05) is 0 Å². The van der Waals surface area contributed by atoms with E-state index in [1.165, 1.54) is 51.0 Å². The molecule has 0 bridgehead atoms. The van der Waals surface area contributed by atoms with Gasteiger partial charge < -0.3 is 14.5 Å². The Kier molecular flexibility index (Phi) is 14.0.